The number of fused-ring (bicyclic) bond motifs is 1. The third-order valence-corrected chi connectivity index (χ3v) is 9.04. The van der Waals surface area contributed by atoms with Gasteiger partial charge in [0.2, 0.25) is 5.91 Å². The van der Waals surface area contributed by atoms with Crippen LogP contribution in [0.3, 0.4) is 0 Å². The van der Waals surface area contributed by atoms with Gasteiger partial charge in [-0.1, -0.05) is 47.5 Å². The van der Waals surface area contributed by atoms with Gasteiger partial charge in [-0.3, -0.25) is 9.59 Å². The van der Waals surface area contributed by atoms with E-state index in [0.29, 0.717) is 35.9 Å². The second-order valence-electron chi connectivity index (χ2n) is 12.0. The van der Waals surface area contributed by atoms with Crippen LogP contribution in [0.4, 0.5) is 0 Å². The molecule has 5 heteroatoms. The van der Waals surface area contributed by atoms with Crippen LogP contribution in [0.15, 0.2) is 11.0 Å². The molecule has 5 unspecified atom stereocenters. The molecule has 3 rings (SSSR count). The molecule has 2 fully saturated rings. The molecule has 1 aromatic heterocycles. The Morgan fingerprint density at radius 3 is 2.58 bits per heavy atom. The Hall–Kier alpha value is -1.49. The van der Waals surface area contributed by atoms with Crippen LogP contribution in [0.5, 0.6) is 0 Å². The van der Waals surface area contributed by atoms with Crippen molar-refractivity contribution in [2.75, 3.05) is 0 Å². The predicted octanol–water partition coefficient (Wildman–Crippen LogP) is 6.98. The van der Waals surface area contributed by atoms with Crippen molar-refractivity contribution in [1.29, 1.82) is 0 Å². The SMILES string of the molecule is C/C(=C\c1csc(C)n1)C1CC2CC2(C)CCCC(C)CC(C)C(=O)C(C)(C)CCC(=O)N1. The summed E-state index contributed by atoms with van der Waals surface area (Å²) in [5, 5.41) is 6.46. The second kappa shape index (κ2) is 10.4. The summed E-state index contributed by atoms with van der Waals surface area (Å²) < 4.78 is 0. The number of aryl methyl sites for hydroxylation is 1. The lowest BCUT2D eigenvalue weighted by Crippen LogP contribution is -2.38. The van der Waals surface area contributed by atoms with E-state index in [9.17, 15) is 9.59 Å². The number of Topliss-reactive ketones (excluding diaryl/α,β-unsaturated/α-hetero) is 1. The van der Waals surface area contributed by atoms with Gasteiger partial charge in [-0.15, -0.1) is 11.3 Å². The average Bonchev–Trinajstić information content (AvgIpc) is 3.17. The van der Waals surface area contributed by atoms with Crippen LogP contribution in [0.1, 0.15) is 104 Å². The Bertz CT molecular complexity index is 886. The minimum atomic E-state index is -0.471. The molecule has 0 spiro atoms. The molecule has 33 heavy (non-hydrogen) atoms. The number of nitrogens with zero attached hydrogens (tertiary/aromatic N) is 1. The van der Waals surface area contributed by atoms with Gasteiger partial charge in [-0.25, -0.2) is 4.98 Å². The van der Waals surface area contributed by atoms with Crippen LogP contribution < -0.4 is 5.32 Å². The van der Waals surface area contributed by atoms with E-state index in [1.54, 1.807) is 11.3 Å². The summed E-state index contributed by atoms with van der Waals surface area (Å²) in [7, 11) is 0. The van der Waals surface area contributed by atoms with E-state index in [2.05, 4.69) is 49.5 Å². The van der Waals surface area contributed by atoms with Crippen molar-refractivity contribution in [2.45, 2.75) is 106 Å². The van der Waals surface area contributed by atoms with Crippen molar-refractivity contribution < 1.29 is 9.59 Å². The van der Waals surface area contributed by atoms with Gasteiger partial charge < -0.3 is 5.32 Å². The quantitative estimate of drug-likeness (QED) is 0.505. The van der Waals surface area contributed by atoms with Crippen LogP contribution in [0.2, 0.25) is 0 Å². The fourth-order valence-corrected chi connectivity index (χ4v) is 6.34. The van der Waals surface area contributed by atoms with Gasteiger partial charge in [0.1, 0.15) is 5.78 Å². The van der Waals surface area contributed by atoms with Crippen LogP contribution in [-0.2, 0) is 9.59 Å². The third-order valence-electron chi connectivity index (χ3n) is 8.25. The number of hydrogen-bond acceptors (Lipinski definition) is 4. The number of hydrogen-bond donors (Lipinski definition) is 1. The number of aromatic nitrogens is 1. The summed E-state index contributed by atoms with van der Waals surface area (Å²) >= 11 is 1.65. The number of carbonyl (C=O) groups excluding carboxylic acids is 2. The van der Waals surface area contributed by atoms with Gasteiger partial charge >= 0.3 is 0 Å². The smallest absolute Gasteiger partial charge is 0.220 e. The Morgan fingerprint density at radius 1 is 1.18 bits per heavy atom. The summed E-state index contributed by atoms with van der Waals surface area (Å²) in [5.41, 5.74) is 2.06. The molecule has 1 amide bonds. The minimum Gasteiger partial charge on any atom is -0.350 e. The molecule has 1 saturated carbocycles. The molecule has 1 aromatic rings. The van der Waals surface area contributed by atoms with Gasteiger partial charge in [0.15, 0.2) is 0 Å². The van der Waals surface area contributed by atoms with Crippen LogP contribution >= 0.6 is 11.3 Å². The maximum Gasteiger partial charge on any atom is 0.220 e. The van der Waals surface area contributed by atoms with Crippen molar-refractivity contribution in [3.05, 3.63) is 21.7 Å². The maximum absolute atomic E-state index is 13.2. The van der Waals surface area contributed by atoms with Crippen molar-refractivity contribution >= 4 is 29.1 Å². The van der Waals surface area contributed by atoms with E-state index in [-0.39, 0.29) is 17.9 Å². The fraction of sp³-hybridized carbons (Fsp3) is 0.750. The highest BCUT2D eigenvalue weighted by Gasteiger charge is 2.49. The molecule has 2 heterocycles. The zero-order chi connectivity index (χ0) is 24.4. The first-order valence-electron chi connectivity index (χ1n) is 12.8. The van der Waals surface area contributed by atoms with Crippen molar-refractivity contribution in [2.24, 2.45) is 28.6 Å². The van der Waals surface area contributed by atoms with Crippen LogP contribution in [-0.4, -0.2) is 22.7 Å². The monoisotopic (exact) mass is 472 g/mol. The second-order valence-corrected chi connectivity index (χ2v) is 13.0. The highest BCUT2D eigenvalue weighted by molar-refractivity contribution is 7.09. The van der Waals surface area contributed by atoms with Gasteiger partial charge in [0.25, 0.3) is 0 Å². The predicted molar refractivity (Wildman–Crippen MR) is 138 cm³/mol. The van der Waals surface area contributed by atoms with E-state index in [1.165, 1.54) is 31.3 Å². The van der Waals surface area contributed by atoms with Crippen molar-refractivity contribution in [3.63, 3.8) is 0 Å². The Balaban J connectivity index is 1.79. The van der Waals surface area contributed by atoms with Gasteiger partial charge in [0.05, 0.1) is 16.7 Å². The summed E-state index contributed by atoms with van der Waals surface area (Å²) in [4.78, 5) is 30.8. The van der Waals surface area contributed by atoms with Crippen LogP contribution in [0.25, 0.3) is 6.08 Å². The Kier molecular flexibility index (Phi) is 8.24. The van der Waals surface area contributed by atoms with Crippen molar-refractivity contribution in [1.82, 2.24) is 10.3 Å². The number of thiazole rings is 1. The maximum atomic E-state index is 13.2. The molecular weight excluding hydrogens is 428 g/mol. The topological polar surface area (TPSA) is 59.1 Å². The number of nitrogens with one attached hydrogen (secondary N) is 1. The zero-order valence-corrected chi connectivity index (χ0v) is 22.6. The molecule has 1 saturated heterocycles. The van der Waals surface area contributed by atoms with E-state index in [1.807, 2.05) is 20.8 Å². The molecule has 2 aliphatic rings. The summed E-state index contributed by atoms with van der Waals surface area (Å²) in [6.45, 7) is 14.9. The number of carbonyl (C=O) groups is 2. The first kappa shape index (κ1) is 26.1. The third kappa shape index (κ3) is 7.00. The summed E-state index contributed by atoms with van der Waals surface area (Å²) in [5.74, 6) is 1.63. The first-order chi connectivity index (χ1) is 15.4. The summed E-state index contributed by atoms with van der Waals surface area (Å²) in [6, 6.07) is 0.0240. The molecule has 1 aliphatic heterocycles. The highest BCUT2D eigenvalue weighted by Crippen LogP contribution is 2.58. The molecule has 0 aromatic carbocycles. The normalized spacial score (nSPS) is 34.5. The Morgan fingerprint density at radius 2 is 1.91 bits per heavy atom. The van der Waals surface area contributed by atoms with E-state index in [0.717, 1.165) is 23.5 Å². The number of rotatable bonds is 2. The lowest BCUT2D eigenvalue weighted by Gasteiger charge is -2.29. The number of amides is 1. The van der Waals surface area contributed by atoms with Gasteiger partial charge in [0, 0.05) is 23.1 Å². The standard InChI is InChI=1S/C28H44N2O2S/c1-18-9-8-11-28(7)16-22(28)15-24(19(2)14-23-17-33-21(4)29-23)30-25(31)10-12-27(5,6)26(32)20(3)13-18/h14,17-18,20,22,24H,8-13,15-16H2,1-7H3,(H,30,31)/b19-14+. The molecule has 5 atom stereocenters. The first-order valence-corrected chi connectivity index (χ1v) is 13.7. The molecular formula is C28H44N2O2S. The van der Waals surface area contributed by atoms with E-state index >= 15 is 0 Å². The Labute approximate surface area is 205 Å². The number of ketones is 1. The summed E-state index contributed by atoms with van der Waals surface area (Å²) in [6.07, 6.45) is 9.97. The van der Waals surface area contributed by atoms with Crippen molar-refractivity contribution in [3.8, 4) is 0 Å². The largest absolute Gasteiger partial charge is 0.350 e. The van der Waals surface area contributed by atoms with Crippen LogP contribution in [0, 0.1) is 35.5 Å². The zero-order valence-electron chi connectivity index (χ0n) is 21.8. The molecule has 0 radical (unpaired) electrons. The molecule has 184 valence electrons. The highest BCUT2D eigenvalue weighted by atomic mass is 32.1. The van der Waals surface area contributed by atoms with E-state index < -0.39 is 5.41 Å². The van der Waals surface area contributed by atoms with E-state index in [4.69, 9.17) is 0 Å². The lowest BCUT2D eigenvalue weighted by molar-refractivity contribution is -0.132. The molecule has 4 nitrogen and oxygen atoms in total. The average molecular weight is 473 g/mol. The fourth-order valence-electron chi connectivity index (χ4n) is 5.77. The minimum absolute atomic E-state index is 0.0240. The molecule has 1 N–H and O–H groups in total. The lowest BCUT2D eigenvalue weighted by atomic mass is 9.75. The molecule has 0 bridgehead atoms. The molecule has 1 aliphatic carbocycles. The van der Waals surface area contributed by atoms with Gasteiger partial charge in [-0.05, 0) is 74.9 Å². The van der Waals surface area contributed by atoms with Gasteiger partial charge in [-0.2, -0.15) is 0 Å².